The predicted molar refractivity (Wildman–Crippen MR) is 62.0 cm³/mol. The van der Waals surface area contributed by atoms with Gasteiger partial charge in [-0.25, -0.2) is 0 Å². The Kier molecular flexibility index (Phi) is 2.43. The number of rotatable bonds is 2. The van der Waals surface area contributed by atoms with E-state index in [1.54, 1.807) is 0 Å². The van der Waals surface area contributed by atoms with E-state index in [-0.39, 0.29) is 0 Å². The van der Waals surface area contributed by atoms with Gasteiger partial charge in [-0.05, 0) is 17.2 Å². The lowest BCUT2D eigenvalue weighted by atomic mass is 10.0. The van der Waals surface area contributed by atoms with Crippen molar-refractivity contribution in [1.29, 1.82) is 0 Å². The van der Waals surface area contributed by atoms with Gasteiger partial charge in [0, 0.05) is 18.2 Å². The standard InChI is InChI=1S/C14H13NO/c1-2-4-11(5-3-1)8-14-13-10-16-9-12(13)6-7-15-14/h1-7H,8-10H2. The van der Waals surface area contributed by atoms with E-state index in [0.717, 1.165) is 18.7 Å². The van der Waals surface area contributed by atoms with Gasteiger partial charge in [-0.3, -0.25) is 4.98 Å². The zero-order chi connectivity index (χ0) is 10.8. The number of aromatic nitrogens is 1. The van der Waals surface area contributed by atoms with Crippen LogP contribution in [0.3, 0.4) is 0 Å². The summed E-state index contributed by atoms with van der Waals surface area (Å²) in [6, 6.07) is 12.5. The van der Waals surface area contributed by atoms with Crippen LogP contribution < -0.4 is 0 Å². The Balaban J connectivity index is 1.94. The normalized spacial score (nSPS) is 13.8. The molecule has 2 aromatic rings. The minimum atomic E-state index is 0.714. The highest BCUT2D eigenvalue weighted by molar-refractivity contribution is 5.34. The van der Waals surface area contributed by atoms with E-state index in [2.05, 4.69) is 35.3 Å². The minimum Gasteiger partial charge on any atom is -0.372 e. The van der Waals surface area contributed by atoms with Crippen LogP contribution in [0.1, 0.15) is 22.4 Å². The molecule has 0 fully saturated rings. The minimum absolute atomic E-state index is 0.714. The third-order valence-corrected chi connectivity index (χ3v) is 2.96. The molecule has 1 aromatic carbocycles. The quantitative estimate of drug-likeness (QED) is 0.762. The summed E-state index contributed by atoms with van der Waals surface area (Å²) in [5.41, 5.74) is 5.03. The second-order valence-electron chi connectivity index (χ2n) is 4.05. The number of fused-ring (bicyclic) bond motifs is 1. The second kappa shape index (κ2) is 4.06. The lowest BCUT2D eigenvalue weighted by molar-refractivity contribution is 0.134. The highest BCUT2D eigenvalue weighted by atomic mass is 16.5. The summed E-state index contributed by atoms with van der Waals surface area (Å²) in [4.78, 5) is 4.47. The van der Waals surface area contributed by atoms with Gasteiger partial charge in [0.05, 0.1) is 18.9 Å². The van der Waals surface area contributed by atoms with Gasteiger partial charge in [0.25, 0.3) is 0 Å². The fraction of sp³-hybridized carbons (Fsp3) is 0.214. The fourth-order valence-electron chi connectivity index (χ4n) is 2.10. The Bertz CT molecular complexity index is 493. The molecule has 80 valence electrons. The Morgan fingerprint density at radius 2 is 1.94 bits per heavy atom. The molecule has 0 bridgehead atoms. The largest absolute Gasteiger partial charge is 0.372 e. The van der Waals surface area contributed by atoms with Crippen molar-refractivity contribution in [2.45, 2.75) is 19.6 Å². The Morgan fingerprint density at radius 3 is 2.81 bits per heavy atom. The third-order valence-electron chi connectivity index (χ3n) is 2.96. The smallest absolute Gasteiger partial charge is 0.0742 e. The summed E-state index contributed by atoms with van der Waals surface area (Å²) in [7, 11) is 0. The van der Waals surface area contributed by atoms with Gasteiger partial charge in [0.15, 0.2) is 0 Å². The lowest BCUT2D eigenvalue weighted by Gasteiger charge is -2.05. The first kappa shape index (κ1) is 9.55. The fourth-order valence-corrected chi connectivity index (χ4v) is 2.10. The van der Waals surface area contributed by atoms with Crippen LogP contribution in [0, 0.1) is 0 Å². The summed E-state index contributed by atoms with van der Waals surface area (Å²) in [6.45, 7) is 1.45. The van der Waals surface area contributed by atoms with Crippen molar-refractivity contribution >= 4 is 0 Å². The van der Waals surface area contributed by atoms with E-state index in [1.807, 2.05) is 12.3 Å². The first-order valence-corrected chi connectivity index (χ1v) is 5.51. The molecule has 1 aliphatic heterocycles. The van der Waals surface area contributed by atoms with Crippen LogP contribution in [0.15, 0.2) is 42.6 Å². The molecular formula is C14H13NO. The lowest BCUT2D eigenvalue weighted by Crippen LogP contribution is -1.98. The Morgan fingerprint density at radius 1 is 1.06 bits per heavy atom. The maximum absolute atomic E-state index is 5.45. The number of nitrogens with zero attached hydrogens (tertiary/aromatic N) is 1. The number of hydrogen-bond donors (Lipinski definition) is 0. The predicted octanol–water partition coefficient (Wildman–Crippen LogP) is 2.70. The van der Waals surface area contributed by atoms with Crippen LogP contribution in [0.4, 0.5) is 0 Å². The van der Waals surface area contributed by atoms with E-state index >= 15 is 0 Å². The molecule has 0 spiro atoms. The van der Waals surface area contributed by atoms with Gasteiger partial charge in [0.1, 0.15) is 0 Å². The van der Waals surface area contributed by atoms with Crippen LogP contribution in [0.25, 0.3) is 0 Å². The van der Waals surface area contributed by atoms with Crippen LogP contribution in [0.5, 0.6) is 0 Å². The van der Waals surface area contributed by atoms with Crippen molar-refractivity contribution in [2.24, 2.45) is 0 Å². The maximum Gasteiger partial charge on any atom is 0.0742 e. The summed E-state index contributed by atoms with van der Waals surface area (Å²) in [6.07, 6.45) is 2.78. The Hall–Kier alpha value is -1.67. The summed E-state index contributed by atoms with van der Waals surface area (Å²) >= 11 is 0. The van der Waals surface area contributed by atoms with Crippen molar-refractivity contribution in [1.82, 2.24) is 4.98 Å². The molecule has 0 saturated heterocycles. The van der Waals surface area contributed by atoms with Gasteiger partial charge in [0.2, 0.25) is 0 Å². The highest BCUT2D eigenvalue weighted by Gasteiger charge is 2.15. The van der Waals surface area contributed by atoms with E-state index in [1.165, 1.54) is 16.7 Å². The molecule has 2 nitrogen and oxygen atoms in total. The molecule has 2 heterocycles. The van der Waals surface area contributed by atoms with Crippen molar-refractivity contribution in [3.63, 3.8) is 0 Å². The molecule has 1 aliphatic rings. The Labute approximate surface area is 94.9 Å². The van der Waals surface area contributed by atoms with Crippen LogP contribution in [0.2, 0.25) is 0 Å². The van der Waals surface area contributed by atoms with Crippen LogP contribution in [-0.4, -0.2) is 4.98 Å². The van der Waals surface area contributed by atoms with Gasteiger partial charge in [-0.15, -0.1) is 0 Å². The zero-order valence-corrected chi connectivity index (χ0v) is 9.02. The average molecular weight is 211 g/mol. The first-order valence-electron chi connectivity index (χ1n) is 5.51. The summed E-state index contributed by atoms with van der Waals surface area (Å²) in [5, 5.41) is 0. The molecular weight excluding hydrogens is 198 g/mol. The second-order valence-corrected chi connectivity index (χ2v) is 4.05. The molecule has 0 atom stereocenters. The molecule has 0 N–H and O–H groups in total. The van der Waals surface area contributed by atoms with E-state index in [0.29, 0.717) is 6.61 Å². The molecule has 2 heteroatoms. The number of benzene rings is 1. The monoisotopic (exact) mass is 211 g/mol. The van der Waals surface area contributed by atoms with Crippen LogP contribution >= 0.6 is 0 Å². The SMILES string of the molecule is c1ccc(Cc2nccc3c2COC3)cc1. The zero-order valence-electron chi connectivity index (χ0n) is 9.02. The van der Waals surface area contributed by atoms with Crippen molar-refractivity contribution < 1.29 is 4.74 Å². The van der Waals surface area contributed by atoms with Gasteiger partial charge in [-0.2, -0.15) is 0 Å². The number of ether oxygens (including phenoxy) is 1. The number of pyridine rings is 1. The van der Waals surface area contributed by atoms with Crippen molar-refractivity contribution in [3.8, 4) is 0 Å². The molecule has 0 saturated carbocycles. The first-order chi connectivity index (χ1) is 7.93. The topological polar surface area (TPSA) is 22.1 Å². The van der Waals surface area contributed by atoms with E-state index in [4.69, 9.17) is 4.74 Å². The van der Waals surface area contributed by atoms with E-state index < -0.39 is 0 Å². The molecule has 0 aliphatic carbocycles. The molecule has 0 amide bonds. The molecule has 0 radical (unpaired) electrons. The van der Waals surface area contributed by atoms with Gasteiger partial charge < -0.3 is 4.74 Å². The highest BCUT2D eigenvalue weighted by Crippen LogP contribution is 2.23. The molecule has 0 unspecified atom stereocenters. The van der Waals surface area contributed by atoms with Gasteiger partial charge in [-0.1, -0.05) is 30.3 Å². The number of hydrogen-bond acceptors (Lipinski definition) is 2. The summed E-state index contributed by atoms with van der Waals surface area (Å²) in [5.74, 6) is 0. The van der Waals surface area contributed by atoms with Crippen LogP contribution in [-0.2, 0) is 24.4 Å². The third kappa shape index (κ3) is 1.72. The summed E-state index contributed by atoms with van der Waals surface area (Å²) < 4.78 is 5.45. The maximum atomic E-state index is 5.45. The molecule has 3 rings (SSSR count). The molecule has 16 heavy (non-hydrogen) atoms. The van der Waals surface area contributed by atoms with Crippen molar-refractivity contribution in [2.75, 3.05) is 0 Å². The van der Waals surface area contributed by atoms with Crippen molar-refractivity contribution in [3.05, 3.63) is 65.0 Å². The van der Waals surface area contributed by atoms with E-state index in [9.17, 15) is 0 Å². The molecule has 1 aromatic heterocycles. The van der Waals surface area contributed by atoms with Gasteiger partial charge >= 0.3 is 0 Å². The average Bonchev–Trinajstić information content (AvgIpc) is 2.80.